The van der Waals surface area contributed by atoms with E-state index in [0.29, 0.717) is 41.9 Å². The maximum Gasteiger partial charge on any atom is 0.332 e. The lowest BCUT2D eigenvalue weighted by Crippen LogP contribution is -2.46. The first-order chi connectivity index (χ1) is 14.4. The summed E-state index contributed by atoms with van der Waals surface area (Å²) in [7, 11) is 0. The lowest BCUT2D eigenvalue weighted by atomic mass is 10.1. The van der Waals surface area contributed by atoms with E-state index in [1.54, 1.807) is 29.2 Å². The van der Waals surface area contributed by atoms with Gasteiger partial charge in [-0.05, 0) is 50.1 Å². The van der Waals surface area contributed by atoms with Crippen molar-refractivity contribution in [3.05, 3.63) is 68.9 Å². The van der Waals surface area contributed by atoms with Crippen molar-refractivity contribution >= 4 is 22.5 Å². The number of carbonyl (C=O) groups excluding carboxylic acids is 1. The molecule has 0 saturated carbocycles. The zero-order valence-electron chi connectivity index (χ0n) is 17.4. The lowest BCUT2D eigenvalue weighted by molar-refractivity contribution is -0.119. The Morgan fingerprint density at radius 2 is 1.93 bits per heavy atom. The first kappa shape index (κ1) is 19.9. The van der Waals surface area contributed by atoms with Crippen molar-refractivity contribution < 1.29 is 9.53 Å². The van der Waals surface area contributed by atoms with Gasteiger partial charge in [0.1, 0.15) is 18.9 Å². The van der Waals surface area contributed by atoms with Crippen LogP contribution in [0.5, 0.6) is 5.75 Å². The Morgan fingerprint density at radius 1 is 1.17 bits per heavy atom. The summed E-state index contributed by atoms with van der Waals surface area (Å²) in [5.41, 5.74) is 1.42. The van der Waals surface area contributed by atoms with E-state index in [-0.39, 0.29) is 24.1 Å². The van der Waals surface area contributed by atoms with Crippen LogP contribution in [0.15, 0.2) is 52.1 Å². The van der Waals surface area contributed by atoms with Crippen LogP contribution in [0.3, 0.4) is 0 Å². The fraction of sp³-hybridized carbons (Fsp3) is 0.348. The molecule has 4 rings (SSSR count). The van der Waals surface area contributed by atoms with E-state index in [0.717, 1.165) is 5.56 Å². The zero-order chi connectivity index (χ0) is 21.4. The van der Waals surface area contributed by atoms with E-state index in [9.17, 15) is 14.4 Å². The van der Waals surface area contributed by atoms with Crippen molar-refractivity contribution in [2.75, 3.05) is 18.1 Å². The smallest absolute Gasteiger partial charge is 0.332 e. The third-order valence-corrected chi connectivity index (χ3v) is 5.68. The van der Waals surface area contributed by atoms with Gasteiger partial charge in [-0.2, -0.15) is 0 Å². The Balaban J connectivity index is 1.82. The van der Waals surface area contributed by atoms with Crippen molar-refractivity contribution in [3.8, 4) is 5.75 Å². The summed E-state index contributed by atoms with van der Waals surface area (Å²) in [4.78, 5) is 41.1. The first-order valence-corrected chi connectivity index (χ1v) is 10.2. The molecule has 3 aromatic rings. The van der Waals surface area contributed by atoms with Crippen molar-refractivity contribution in [2.24, 2.45) is 0 Å². The Morgan fingerprint density at radius 3 is 2.70 bits per heavy atom. The van der Waals surface area contributed by atoms with Gasteiger partial charge in [-0.1, -0.05) is 25.1 Å². The maximum atomic E-state index is 13.3. The van der Waals surface area contributed by atoms with Crippen LogP contribution in [0.2, 0.25) is 0 Å². The summed E-state index contributed by atoms with van der Waals surface area (Å²) >= 11 is 0. The minimum atomic E-state index is -0.459. The number of hydrogen-bond donors (Lipinski definition) is 0. The van der Waals surface area contributed by atoms with Crippen LogP contribution in [0.25, 0.3) is 10.9 Å². The molecule has 0 bridgehead atoms. The maximum absolute atomic E-state index is 13.3. The number of para-hydroxylation sites is 1. The van der Waals surface area contributed by atoms with Gasteiger partial charge < -0.3 is 9.64 Å². The molecule has 1 aromatic heterocycles. The van der Waals surface area contributed by atoms with Crippen LogP contribution >= 0.6 is 0 Å². The molecule has 0 radical (unpaired) electrons. The molecular formula is C23H25N3O4. The van der Waals surface area contributed by atoms with E-state index in [1.165, 1.54) is 9.13 Å². The molecule has 30 heavy (non-hydrogen) atoms. The molecule has 156 valence electrons. The SMILES string of the molecule is CC[C@H](C)n1c(=O)c2ccccc2n(CC(=O)N2CCOc3ccc(C)cc32)c1=O. The van der Waals surface area contributed by atoms with Crippen molar-refractivity contribution in [2.45, 2.75) is 39.8 Å². The molecule has 1 aliphatic heterocycles. The molecule has 7 nitrogen and oxygen atoms in total. The van der Waals surface area contributed by atoms with E-state index in [1.807, 2.05) is 39.0 Å². The summed E-state index contributed by atoms with van der Waals surface area (Å²) in [6, 6.07) is 12.4. The number of rotatable bonds is 4. The third kappa shape index (κ3) is 3.30. The molecule has 0 aliphatic carbocycles. The lowest BCUT2D eigenvalue weighted by Gasteiger charge is -2.30. The summed E-state index contributed by atoms with van der Waals surface area (Å²) < 4.78 is 8.35. The third-order valence-electron chi connectivity index (χ3n) is 5.68. The molecule has 0 saturated heterocycles. The molecule has 0 N–H and O–H groups in total. The molecular weight excluding hydrogens is 382 g/mol. The second-order valence-electron chi connectivity index (χ2n) is 7.68. The molecule has 7 heteroatoms. The normalized spacial score (nSPS) is 14.3. The van der Waals surface area contributed by atoms with E-state index in [2.05, 4.69) is 0 Å². The number of carbonyl (C=O) groups is 1. The molecule has 1 atom stereocenters. The molecule has 0 spiro atoms. The number of aromatic nitrogens is 2. The fourth-order valence-corrected chi connectivity index (χ4v) is 3.87. The van der Waals surface area contributed by atoms with Gasteiger partial charge in [-0.15, -0.1) is 0 Å². The van der Waals surface area contributed by atoms with Crippen molar-refractivity contribution in [3.63, 3.8) is 0 Å². The summed E-state index contributed by atoms with van der Waals surface area (Å²) in [6.45, 7) is 6.37. The monoisotopic (exact) mass is 407 g/mol. The van der Waals surface area contributed by atoms with E-state index in [4.69, 9.17) is 4.74 Å². The Kier molecular flexibility index (Phi) is 5.20. The van der Waals surface area contributed by atoms with Crippen molar-refractivity contribution in [1.82, 2.24) is 9.13 Å². The summed E-state index contributed by atoms with van der Waals surface area (Å²) in [6.07, 6.45) is 0.636. The minimum absolute atomic E-state index is 0.149. The van der Waals surface area contributed by atoms with Crippen LogP contribution in [0.4, 0.5) is 5.69 Å². The minimum Gasteiger partial charge on any atom is -0.490 e. The number of benzene rings is 2. The topological polar surface area (TPSA) is 73.5 Å². The highest BCUT2D eigenvalue weighted by Gasteiger charge is 2.26. The molecule has 1 amide bonds. The molecule has 0 unspecified atom stereocenters. The molecule has 0 fully saturated rings. The average molecular weight is 407 g/mol. The second kappa shape index (κ2) is 7.82. The highest BCUT2D eigenvalue weighted by Crippen LogP contribution is 2.32. The standard InChI is InChI=1S/C23H25N3O4/c1-4-16(3)26-22(28)17-7-5-6-8-18(17)25(23(26)29)14-21(27)24-11-12-30-20-10-9-15(2)13-19(20)24/h5-10,13,16H,4,11-12,14H2,1-3H3/t16-/m0/s1. The number of ether oxygens (including phenoxy) is 1. The number of hydrogen-bond acceptors (Lipinski definition) is 4. The fourth-order valence-electron chi connectivity index (χ4n) is 3.87. The van der Waals surface area contributed by atoms with Gasteiger partial charge in [0.15, 0.2) is 0 Å². The predicted molar refractivity (Wildman–Crippen MR) is 116 cm³/mol. The summed E-state index contributed by atoms with van der Waals surface area (Å²) in [5, 5.41) is 0.434. The molecule has 2 heterocycles. The first-order valence-electron chi connectivity index (χ1n) is 10.2. The van der Waals surface area contributed by atoms with E-state index >= 15 is 0 Å². The second-order valence-corrected chi connectivity index (χ2v) is 7.68. The Labute approximate surface area is 174 Å². The van der Waals surface area contributed by atoms with Crippen LogP contribution in [-0.4, -0.2) is 28.2 Å². The van der Waals surface area contributed by atoms with Gasteiger partial charge in [-0.25, -0.2) is 4.79 Å². The van der Waals surface area contributed by atoms with Gasteiger partial charge in [0.2, 0.25) is 5.91 Å². The van der Waals surface area contributed by atoms with E-state index < -0.39 is 5.69 Å². The summed E-state index contributed by atoms with van der Waals surface area (Å²) in [5.74, 6) is 0.439. The van der Waals surface area contributed by atoms with Gasteiger partial charge >= 0.3 is 5.69 Å². The van der Waals surface area contributed by atoms with Crippen LogP contribution in [0, 0.1) is 6.92 Å². The molecule has 2 aromatic carbocycles. The Bertz CT molecular complexity index is 1240. The molecule has 1 aliphatic rings. The number of anilines is 1. The zero-order valence-corrected chi connectivity index (χ0v) is 17.4. The highest BCUT2D eigenvalue weighted by molar-refractivity contribution is 5.96. The quantitative estimate of drug-likeness (QED) is 0.667. The van der Waals surface area contributed by atoms with Gasteiger partial charge in [0.25, 0.3) is 5.56 Å². The largest absolute Gasteiger partial charge is 0.490 e. The number of amides is 1. The number of fused-ring (bicyclic) bond motifs is 2. The van der Waals surface area contributed by atoms with Crippen LogP contribution < -0.4 is 20.9 Å². The number of aryl methyl sites for hydroxylation is 1. The highest BCUT2D eigenvalue weighted by atomic mass is 16.5. The average Bonchev–Trinajstić information content (AvgIpc) is 2.75. The predicted octanol–water partition coefficient (Wildman–Crippen LogP) is 2.87. The Hall–Kier alpha value is -3.35. The number of nitrogens with zero attached hydrogens (tertiary/aromatic N) is 3. The van der Waals surface area contributed by atoms with Gasteiger partial charge in [-0.3, -0.25) is 18.7 Å². The van der Waals surface area contributed by atoms with Gasteiger partial charge in [0.05, 0.1) is 23.1 Å². The van der Waals surface area contributed by atoms with Crippen LogP contribution in [0.1, 0.15) is 31.9 Å². The van der Waals surface area contributed by atoms with Gasteiger partial charge in [0, 0.05) is 6.04 Å². The van der Waals surface area contributed by atoms with Crippen LogP contribution in [-0.2, 0) is 11.3 Å². The van der Waals surface area contributed by atoms with Crippen molar-refractivity contribution in [1.29, 1.82) is 0 Å².